The molecule has 23 nitrogen and oxygen atoms in total. The molecule has 0 saturated carbocycles. The lowest BCUT2D eigenvalue weighted by molar-refractivity contribution is -0.433. The van der Waals surface area contributed by atoms with E-state index < -0.39 is 92.7 Å². The number of carbonyl (C=O) groups is 1. The van der Waals surface area contributed by atoms with E-state index in [1.165, 1.54) is 12.1 Å². The number of benzene rings is 4. The van der Waals surface area contributed by atoms with E-state index in [4.69, 9.17) is 18.9 Å². The van der Waals surface area contributed by atoms with Gasteiger partial charge in [0.2, 0.25) is 5.69 Å². The second-order valence-corrected chi connectivity index (χ2v) is 26.5. The van der Waals surface area contributed by atoms with E-state index >= 15 is 0 Å². The number of hydrogen-bond acceptors (Lipinski definition) is 16. The van der Waals surface area contributed by atoms with Gasteiger partial charge in [0.05, 0.1) is 60.6 Å². The second kappa shape index (κ2) is 25.4. The molecule has 0 saturated heterocycles. The zero-order valence-corrected chi connectivity index (χ0v) is 47.9. The molecule has 4 aromatic carbocycles. The maximum atomic E-state index is 12.8. The van der Waals surface area contributed by atoms with Crippen molar-refractivity contribution in [1.29, 1.82) is 0 Å². The molecule has 2 aliphatic heterocycles. The van der Waals surface area contributed by atoms with Gasteiger partial charge in [-0.1, -0.05) is 30.7 Å². The average Bonchev–Trinajstić information content (AvgIpc) is 3.97. The summed E-state index contributed by atoms with van der Waals surface area (Å²) in [5.74, 6) is -1.69. The molecule has 2 heterocycles. The van der Waals surface area contributed by atoms with E-state index in [0.29, 0.717) is 98.3 Å². The zero-order valence-electron chi connectivity index (χ0n) is 43.8. The number of methoxy groups -OCH3 is 1. The number of hydrogen-bond donors (Lipinski definition) is 6. The summed E-state index contributed by atoms with van der Waals surface area (Å²) >= 11 is 0. The van der Waals surface area contributed by atoms with Gasteiger partial charge in [-0.05, 0) is 112 Å². The number of anilines is 1. The number of unbranched alkanes of at least 4 members (excludes halogenated alkanes) is 2. The van der Waals surface area contributed by atoms with Crippen LogP contribution in [0.15, 0.2) is 104 Å². The lowest BCUT2D eigenvalue weighted by Gasteiger charge is -2.31. The fourth-order valence-corrected chi connectivity index (χ4v) is 13.6. The third-order valence-corrected chi connectivity index (χ3v) is 18.2. The predicted octanol–water partition coefficient (Wildman–Crippen LogP) is 6.53. The molecule has 2 aliphatic rings. The van der Waals surface area contributed by atoms with E-state index in [0.717, 1.165) is 12.1 Å². The van der Waals surface area contributed by atoms with Gasteiger partial charge in [-0.2, -0.15) is 46.7 Å². The summed E-state index contributed by atoms with van der Waals surface area (Å²) in [5.41, 5.74) is 0.425. The molecule has 79 heavy (non-hydrogen) atoms. The molecule has 2 unspecified atom stereocenters. The van der Waals surface area contributed by atoms with Crippen LogP contribution < -0.4 is 4.90 Å². The van der Waals surface area contributed by atoms with Gasteiger partial charge in [-0.15, -0.1) is 0 Å². The standard InChI is InChI=1S/C51H64N2O21S5/c1-5-52-41-18-16-37-39(31-35(76(59,60)61)33-43(37)78(65,66)67)48(41)51(3,21-23-72-26-27-74-29-28-73-25-24-71-4)45(52)13-8-6-9-14-46-50(2,20-12-30-75(56,57)58)49-40-32-36(77(62,63)64)34-44(79(68,69)70)38(40)17-19-42(49)53(46)22-11-7-10-15-47(54)55/h6,8-9,13-14,16-19,31-34H,5,7,10-12,15,20-30H2,1-4H3,(H5-,54,55,56,57,58,59,60,61,62,63,64,65,66,67,68,69,70)/p+1. The van der Waals surface area contributed by atoms with E-state index in [9.17, 15) is 74.8 Å². The van der Waals surface area contributed by atoms with Crippen LogP contribution in [0, 0.1) is 0 Å². The monoisotopic (exact) mass is 1200 g/mol. The van der Waals surface area contributed by atoms with Crippen LogP contribution in [0.2, 0.25) is 0 Å². The van der Waals surface area contributed by atoms with Crippen molar-refractivity contribution in [2.24, 2.45) is 0 Å². The highest BCUT2D eigenvalue weighted by Gasteiger charge is 2.49. The van der Waals surface area contributed by atoms with Gasteiger partial charge < -0.3 is 29.0 Å². The summed E-state index contributed by atoms with van der Waals surface area (Å²) in [4.78, 5) is 10.0. The van der Waals surface area contributed by atoms with Crippen molar-refractivity contribution in [2.45, 2.75) is 96.1 Å². The second-order valence-electron chi connectivity index (χ2n) is 19.3. The van der Waals surface area contributed by atoms with Gasteiger partial charge in [0.15, 0.2) is 5.71 Å². The Morgan fingerprint density at radius 3 is 1.67 bits per heavy atom. The summed E-state index contributed by atoms with van der Waals surface area (Å²) in [7, 11) is -23.3. The van der Waals surface area contributed by atoms with Crippen LogP contribution in [-0.4, -0.2) is 158 Å². The predicted molar refractivity (Wildman–Crippen MR) is 292 cm³/mol. The fraction of sp³-hybridized carbons (Fsp3) is 0.451. The van der Waals surface area contributed by atoms with Gasteiger partial charge in [0, 0.05) is 72.0 Å². The quantitative estimate of drug-likeness (QED) is 0.0140. The Morgan fingerprint density at radius 2 is 1.15 bits per heavy atom. The molecule has 0 radical (unpaired) electrons. The van der Waals surface area contributed by atoms with Gasteiger partial charge in [-0.25, -0.2) is 0 Å². The van der Waals surface area contributed by atoms with Crippen molar-refractivity contribution >= 4 is 95.2 Å². The minimum Gasteiger partial charge on any atom is -0.481 e. The molecule has 0 amide bonds. The van der Waals surface area contributed by atoms with Crippen LogP contribution in [0.1, 0.15) is 76.8 Å². The average molecular weight is 1200 g/mol. The molecule has 0 aromatic heterocycles. The maximum Gasteiger partial charge on any atom is 0.303 e. The summed E-state index contributed by atoms with van der Waals surface area (Å²) in [5, 5.41) is 9.26. The molecular formula is C51H65N2O21S5+. The minimum absolute atomic E-state index is 0.0189. The van der Waals surface area contributed by atoms with Crippen molar-refractivity contribution in [3.8, 4) is 0 Å². The molecule has 0 spiro atoms. The normalized spacial score (nSPS) is 18.8. The number of ether oxygens (including phenoxy) is 4. The smallest absolute Gasteiger partial charge is 0.303 e. The van der Waals surface area contributed by atoms with Crippen molar-refractivity contribution in [3.63, 3.8) is 0 Å². The largest absolute Gasteiger partial charge is 0.481 e. The van der Waals surface area contributed by atoms with Gasteiger partial charge in [0.1, 0.15) is 16.3 Å². The number of carboxylic acids is 1. The minimum atomic E-state index is -5.13. The highest BCUT2D eigenvalue weighted by molar-refractivity contribution is 7.87. The number of carboxylic acid groups (broad SMARTS) is 1. The summed E-state index contributed by atoms with van der Waals surface area (Å²) in [6.45, 7) is 7.93. The maximum absolute atomic E-state index is 12.8. The Morgan fingerprint density at radius 1 is 0.608 bits per heavy atom. The first kappa shape index (κ1) is 63.1. The molecule has 6 rings (SSSR count). The first-order valence-electron chi connectivity index (χ1n) is 24.9. The fourth-order valence-electron chi connectivity index (χ4n) is 10.5. The Hall–Kier alpha value is -5.05. The number of nitrogens with zero attached hydrogens (tertiary/aromatic N) is 2. The number of aliphatic carboxylic acids is 1. The van der Waals surface area contributed by atoms with Crippen LogP contribution in [-0.2, 0) is 85.2 Å². The van der Waals surface area contributed by atoms with Crippen molar-refractivity contribution in [2.75, 3.05) is 77.1 Å². The SMILES string of the molecule is CC[N+]1=C(/C=C/C=C/C=C2/N(CCCCCC(=O)O)c3ccc4c(S(=O)(=O)O)cc(S(=O)(=O)O)cc4c3C2(C)CCCS(=O)(=O)O)C(C)(CCOCCOCCOCCOC)c2c1ccc1c(S(=O)(=O)O)cc(S(=O)(=O)O)cc21. The van der Waals surface area contributed by atoms with Gasteiger partial charge in [-0.3, -0.25) is 27.6 Å². The van der Waals surface area contributed by atoms with Crippen molar-refractivity contribution < 1.29 is 98.3 Å². The first-order valence-corrected chi connectivity index (χ1v) is 32.2. The van der Waals surface area contributed by atoms with Crippen LogP contribution in [0.3, 0.4) is 0 Å². The number of allylic oxidation sites excluding steroid dienone is 6. The Labute approximate surface area is 460 Å². The molecule has 4 aromatic rings. The van der Waals surface area contributed by atoms with Crippen LogP contribution in [0.5, 0.6) is 0 Å². The van der Waals surface area contributed by atoms with Gasteiger partial charge >= 0.3 is 5.97 Å². The topological polar surface area (TPSA) is 352 Å². The summed E-state index contributed by atoms with van der Waals surface area (Å²) in [6, 6.07) is 9.47. The first-order chi connectivity index (χ1) is 36.9. The van der Waals surface area contributed by atoms with Gasteiger partial charge in [0.25, 0.3) is 50.6 Å². The van der Waals surface area contributed by atoms with Crippen LogP contribution in [0.25, 0.3) is 21.5 Å². The Bertz CT molecular complexity index is 3690. The molecule has 0 bridgehead atoms. The molecule has 0 fully saturated rings. The Balaban J connectivity index is 1.48. The number of rotatable bonds is 30. The highest BCUT2D eigenvalue weighted by Crippen LogP contribution is 2.54. The van der Waals surface area contributed by atoms with Crippen LogP contribution >= 0.6 is 0 Å². The van der Waals surface area contributed by atoms with E-state index in [1.54, 1.807) is 56.5 Å². The third-order valence-electron chi connectivity index (χ3n) is 14.0. The molecule has 6 N–H and O–H groups in total. The molecule has 434 valence electrons. The van der Waals surface area contributed by atoms with Crippen molar-refractivity contribution in [3.05, 3.63) is 95.7 Å². The summed E-state index contributed by atoms with van der Waals surface area (Å²) in [6.07, 6.45) is 9.55. The Kier molecular flexibility index (Phi) is 20.3. The third kappa shape index (κ3) is 14.9. The summed E-state index contributed by atoms with van der Waals surface area (Å²) < 4.78 is 201. The zero-order chi connectivity index (χ0) is 58.4. The van der Waals surface area contributed by atoms with Crippen molar-refractivity contribution in [1.82, 2.24) is 0 Å². The highest BCUT2D eigenvalue weighted by atomic mass is 32.2. The van der Waals surface area contributed by atoms with E-state index in [1.807, 2.05) is 23.3 Å². The molecule has 0 aliphatic carbocycles. The number of fused-ring (bicyclic) bond motifs is 6. The van der Waals surface area contributed by atoms with E-state index in [2.05, 4.69) is 0 Å². The lowest BCUT2D eigenvalue weighted by atomic mass is 9.75. The molecule has 2 atom stereocenters. The molecular weight excluding hydrogens is 1140 g/mol. The van der Waals surface area contributed by atoms with E-state index in [-0.39, 0.29) is 73.6 Å². The van der Waals surface area contributed by atoms with Crippen LogP contribution in [0.4, 0.5) is 11.4 Å². The lowest BCUT2D eigenvalue weighted by Crippen LogP contribution is -2.33. The molecule has 28 heteroatoms.